The van der Waals surface area contributed by atoms with Gasteiger partial charge in [-0.15, -0.1) is 0 Å². The molecule has 0 bridgehead atoms. The van der Waals surface area contributed by atoms with Gasteiger partial charge >= 0.3 is 0 Å². The normalized spacial score (nSPS) is 16.8. The topological polar surface area (TPSA) is 47.0 Å². The van der Waals surface area contributed by atoms with E-state index >= 15 is 0 Å². The third-order valence-corrected chi connectivity index (χ3v) is 3.26. The Hall–Kier alpha value is -1.00. The fourth-order valence-electron chi connectivity index (χ4n) is 2.11. The van der Waals surface area contributed by atoms with Crippen LogP contribution in [0.1, 0.15) is 51.1 Å². The molecule has 1 saturated carbocycles. The fourth-order valence-corrected chi connectivity index (χ4v) is 2.11. The van der Waals surface area contributed by atoms with Crippen LogP contribution < -0.4 is 5.32 Å². The Bertz CT molecular complexity index is 373. The molecule has 1 aliphatic carbocycles. The van der Waals surface area contributed by atoms with Crippen molar-refractivity contribution in [1.82, 2.24) is 15.3 Å². The van der Waals surface area contributed by atoms with Gasteiger partial charge in [-0.05, 0) is 38.1 Å². The smallest absolute Gasteiger partial charge is 0.157 e. The van der Waals surface area contributed by atoms with Crippen LogP contribution in [0.25, 0.3) is 0 Å². The fraction of sp³-hybridized carbons (Fsp3) is 0.733. The molecular formula is C15H25N3O. The van der Waals surface area contributed by atoms with E-state index in [1.54, 1.807) is 0 Å². The van der Waals surface area contributed by atoms with Gasteiger partial charge in [-0.1, -0.05) is 13.8 Å². The van der Waals surface area contributed by atoms with Crippen molar-refractivity contribution in [3.63, 3.8) is 0 Å². The Labute approximate surface area is 116 Å². The first-order chi connectivity index (χ1) is 9.20. The van der Waals surface area contributed by atoms with Crippen LogP contribution in [0.3, 0.4) is 0 Å². The molecule has 0 radical (unpaired) electrons. The molecule has 1 atom stereocenters. The lowest BCUT2D eigenvalue weighted by Gasteiger charge is -2.15. The summed E-state index contributed by atoms with van der Waals surface area (Å²) in [6.07, 6.45) is 6.42. The van der Waals surface area contributed by atoms with Crippen LogP contribution in [0.4, 0.5) is 0 Å². The molecular weight excluding hydrogens is 238 g/mol. The number of nitrogens with one attached hydrogen (secondary N) is 1. The van der Waals surface area contributed by atoms with Crippen LogP contribution in [0.2, 0.25) is 0 Å². The van der Waals surface area contributed by atoms with Crippen LogP contribution in [0.5, 0.6) is 0 Å². The molecule has 0 aliphatic heterocycles. The molecule has 2 rings (SSSR count). The van der Waals surface area contributed by atoms with Crippen LogP contribution in [0, 0.1) is 11.8 Å². The summed E-state index contributed by atoms with van der Waals surface area (Å²) in [5, 5.41) is 3.40. The number of hydrogen-bond acceptors (Lipinski definition) is 4. The van der Waals surface area contributed by atoms with Gasteiger partial charge in [0.15, 0.2) is 5.82 Å². The van der Waals surface area contributed by atoms with Crippen molar-refractivity contribution in [1.29, 1.82) is 0 Å². The highest BCUT2D eigenvalue weighted by Gasteiger charge is 2.34. The molecule has 1 unspecified atom stereocenters. The minimum Gasteiger partial charge on any atom is -0.370 e. The summed E-state index contributed by atoms with van der Waals surface area (Å²) in [7, 11) is 0. The van der Waals surface area contributed by atoms with Gasteiger partial charge < -0.3 is 10.1 Å². The second kappa shape index (κ2) is 6.96. The molecule has 0 saturated heterocycles. The van der Waals surface area contributed by atoms with Crippen molar-refractivity contribution in [2.24, 2.45) is 11.8 Å². The monoisotopic (exact) mass is 263 g/mol. The number of rotatable bonds is 8. The zero-order valence-electron chi connectivity index (χ0n) is 12.2. The summed E-state index contributed by atoms with van der Waals surface area (Å²) < 4.78 is 5.76. The molecule has 106 valence electrons. The summed E-state index contributed by atoms with van der Waals surface area (Å²) in [5.74, 6) is 2.14. The molecule has 1 fully saturated rings. The van der Waals surface area contributed by atoms with Gasteiger partial charge in [0, 0.05) is 31.1 Å². The quantitative estimate of drug-likeness (QED) is 0.783. The molecule has 4 nitrogen and oxygen atoms in total. The summed E-state index contributed by atoms with van der Waals surface area (Å²) in [4.78, 5) is 8.96. The predicted octanol–water partition coefficient (Wildman–Crippen LogP) is 2.71. The van der Waals surface area contributed by atoms with Crippen molar-refractivity contribution in [2.45, 2.75) is 46.3 Å². The van der Waals surface area contributed by atoms with Gasteiger partial charge in [-0.2, -0.15) is 0 Å². The van der Waals surface area contributed by atoms with Crippen molar-refractivity contribution in [2.75, 3.05) is 13.2 Å². The van der Waals surface area contributed by atoms with Crippen molar-refractivity contribution < 1.29 is 4.74 Å². The largest absolute Gasteiger partial charge is 0.370 e. The zero-order valence-corrected chi connectivity index (χ0v) is 12.2. The molecule has 1 aromatic heterocycles. The molecule has 1 aliphatic rings. The summed E-state index contributed by atoms with van der Waals surface area (Å²) in [5.41, 5.74) is 1.13. The molecule has 1 N–H and O–H groups in total. The van der Waals surface area contributed by atoms with Crippen LogP contribution in [-0.4, -0.2) is 23.1 Å². The van der Waals surface area contributed by atoms with Crippen LogP contribution in [-0.2, 0) is 11.3 Å². The summed E-state index contributed by atoms with van der Waals surface area (Å²) in [6, 6.07) is 0. The first kappa shape index (κ1) is 14.4. The van der Waals surface area contributed by atoms with Gasteiger partial charge in [0.05, 0.1) is 0 Å². The van der Waals surface area contributed by atoms with Crippen molar-refractivity contribution in [3.8, 4) is 0 Å². The Kier molecular flexibility index (Phi) is 5.28. The van der Waals surface area contributed by atoms with Crippen LogP contribution in [0.15, 0.2) is 12.4 Å². The van der Waals surface area contributed by atoms with E-state index in [1.165, 1.54) is 12.8 Å². The van der Waals surface area contributed by atoms with E-state index < -0.39 is 0 Å². The molecule has 0 spiro atoms. The summed E-state index contributed by atoms with van der Waals surface area (Å²) in [6.45, 7) is 9.01. The molecule has 0 amide bonds. The van der Waals surface area contributed by atoms with E-state index in [1.807, 2.05) is 19.3 Å². The van der Waals surface area contributed by atoms with Gasteiger partial charge in [0.25, 0.3) is 0 Å². The number of aromatic nitrogens is 2. The van der Waals surface area contributed by atoms with E-state index in [0.717, 1.165) is 31.1 Å². The molecule has 0 aromatic carbocycles. The number of ether oxygens (including phenoxy) is 1. The van der Waals surface area contributed by atoms with E-state index in [0.29, 0.717) is 11.8 Å². The maximum Gasteiger partial charge on any atom is 0.157 e. The Morgan fingerprint density at radius 3 is 2.53 bits per heavy atom. The SMILES string of the molecule is CCOC(c1ncc(CNCC(C)C)cn1)C1CC1. The average molecular weight is 263 g/mol. The molecule has 1 aromatic rings. The number of nitrogens with zero attached hydrogens (tertiary/aromatic N) is 2. The second-order valence-corrected chi connectivity index (χ2v) is 5.69. The maximum atomic E-state index is 5.76. The highest BCUT2D eigenvalue weighted by molar-refractivity contribution is 5.08. The van der Waals surface area contributed by atoms with Gasteiger partial charge in [-0.25, -0.2) is 9.97 Å². The highest BCUT2D eigenvalue weighted by atomic mass is 16.5. The van der Waals surface area contributed by atoms with E-state index in [2.05, 4.69) is 29.1 Å². The highest BCUT2D eigenvalue weighted by Crippen LogP contribution is 2.41. The first-order valence-electron chi connectivity index (χ1n) is 7.33. The molecule has 1 heterocycles. The Morgan fingerprint density at radius 1 is 1.32 bits per heavy atom. The Morgan fingerprint density at radius 2 is 2.00 bits per heavy atom. The van der Waals surface area contributed by atoms with Gasteiger partial charge in [0.2, 0.25) is 0 Å². The molecule has 19 heavy (non-hydrogen) atoms. The average Bonchev–Trinajstić information content (AvgIpc) is 3.21. The zero-order chi connectivity index (χ0) is 13.7. The minimum absolute atomic E-state index is 0.0997. The summed E-state index contributed by atoms with van der Waals surface area (Å²) >= 11 is 0. The lowest BCUT2D eigenvalue weighted by Crippen LogP contribution is -2.19. The maximum absolute atomic E-state index is 5.76. The van der Waals surface area contributed by atoms with E-state index in [9.17, 15) is 0 Å². The first-order valence-corrected chi connectivity index (χ1v) is 7.33. The van der Waals surface area contributed by atoms with Crippen LogP contribution >= 0.6 is 0 Å². The standard InChI is InChI=1S/C15H25N3O/c1-4-19-14(13-5-6-13)15-17-9-12(10-18-15)8-16-7-11(2)3/h9-11,13-14,16H,4-8H2,1-3H3. The van der Waals surface area contributed by atoms with Gasteiger partial charge in [-0.3, -0.25) is 0 Å². The molecule has 4 heteroatoms. The van der Waals surface area contributed by atoms with Gasteiger partial charge in [0.1, 0.15) is 6.10 Å². The second-order valence-electron chi connectivity index (χ2n) is 5.69. The Balaban J connectivity index is 1.89. The minimum atomic E-state index is 0.0997. The van der Waals surface area contributed by atoms with E-state index in [4.69, 9.17) is 4.74 Å². The predicted molar refractivity (Wildman–Crippen MR) is 75.7 cm³/mol. The lowest BCUT2D eigenvalue weighted by molar-refractivity contribution is 0.0400. The third-order valence-electron chi connectivity index (χ3n) is 3.26. The van der Waals surface area contributed by atoms with Crippen molar-refractivity contribution >= 4 is 0 Å². The third kappa shape index (κ3) is 4.55. The lowest BCUT2D eigenvalue weighted by atomic mass is 10.2. The van der Waals surface area contributed by atoms with Crippen molar-refractivity contribution in [3.05, 3.63) is 23.8 Å². The number of hydrogen-bond donors (Lipinski definition) is 1. The van der Waals surface area contributed by atoms with E-state index in [-0.39, 0.29) is 6.10 Å².